The van der Waals surface area contributed by atoms with Gasteiger partial charge in [0, 0.05) is 42.4 Å². The van der Waals surface area contributed by atoms with Gasteiger partial charge in [-0.2, -0.15) is 5.10 Å². The molecule has 1 N–H and O–H groups in total. The molecule has 6 heteroatoms. The number of carbonyl (C=O) groups is 1. The molecule has 2 aromatic heterocycles. The first kappa shape index (κ1) is 17.1. The van der Waals surface area contributed by atoms with Crippen molar-refractivity contribution in [3.63, 3.8) is 0 Å². The van der Waals surface area contributed by atoms with Crippen molar-refractivity contribution in [2.45, 2.75) is 13.3 Å². The van der Waals surface area contributed by atoms with E-state index in [2.05, 4.69) is 45.0 Å². The Morgan fingerprint density at radius 1 is 1.32 bits per heavy atom. The van der Waals surface area contributed by atoms with Crippen LogP contribution in [0.2, 0.25) is 0 Å². The van der Waals surface area contributed by atoms with Gasteiger partial charge in [-0.25, -0.2) is 4.98 Å². The summed E-state index contributed by atoms with van der Waals surface area (Å²) in [4.78, 5) is 16.3. The molecule has 0 aliphatic carbocycles. The van der Waals surface area contributed by atoms with Crippen molar-refractivity contribution in [3.05, 3.63) is 64.2 Å². The van der Waals surface area contributed by atoms with Crippen molar-refractivity contribution in [1.29, 1.82) is 0 Å². The topological polar surface area (TPSA) is 59.8 Å². The lowest BCUT2D eigenvalue weighted by Gasteiger charge is -2.04. The summed E-state index contributed by atoms with van der Waals surface area (Å²) in [5.41, 5.74) is 4.23. The van der Waals surface area contributed by atoms with Gasteiger partial charge in [0.15, 0.2) is 0 Å². The molecule has 0 radical (unpaired) electrons. The highest BCUT2D eigenvalue weighted by atomic mass is 32.1. The predicted octanol–water partition coefficient (Wildman–Crippen LogP) is 3.22. The summed E-state index contributed by atoms with van der Waals surface area (Å²) in [6.45, 7) is 2.61. The average Bonchev–Trinajstić information content (AvgIpc) is 3.22. The van der Waals surface area contributed by atoms with Gasteiger partial charge in [-0.1, -0.05) is 24.3 Å². The summed E-state index contributed by atoms with van der Waals surface area (Å²) >= 11 is 1.65. The highest BCUT2D eigenvalue weighted by Gasteiger charge is 2.02. The van der Waals surface area contributed by atoms with Crippen molar-refractivity contribution in [3.8, 4) is 11.3 Å². The van der Waals surface area contributed by atoms with E-state index >= 15 is 0 Å². The van der Waals surface area contributed by atoms with Crippen LogP contribution in [-0.4, -0.2) is 27.2 Å². The molecule has 0 bridgehead atoms. The molecule has 2 heterocycles. The molecular formula is C19H20N4OS. The number of benzene rings is 1. The molecule has 0 atom stereocenters. The smallest absolute Gasteiger partial charge is 0.244 e. The lowest BCUT2D eigenvalue weighted by molar-refractivity contribution is -0.116. The second-order valence-electron chi connectivity index (χ2n) is 5.77. The number of carbonyl (C=O) groups excluding carboxylic acids is 1. The lowest BCUT2D eigenvalue weighted by Crippen LogP contribution is -2.23. The first-order valence-electron chi connectivity index (χ1n) is 8.06. The van der Waals surface area contributed by atoms with E-state index in [1.54, 1.807) is 28.3 Å². The average molecular weight is 352 g/mol. The minimum atomic E-state index is -0.0987. The molecule has 3 rings (SSSR count). The zero-order chi connectivity index (χ0) is 17.6. The number of aromatic nitrogens is 3. The van der Waals surface area contributed by atoms with Gasteiger partial charge in [-0.15, -0.1) is 11.3 Å². The molecule has 1 amide bonds. The Morgan fingerprint density at radius 2 is 2.12 bits per heavy atom. The van der Waals surface area contributed by atoms with Gasteiger partial charge < -0.3 is 5.32 Å². The number of hydrogen-bond acceptors (Lipinski definition) is 4. The maximum Gasteiger partial charge on any atom is 0.244 e. The first-order valence-corrected chi connectivity index (χ1v) is 8.94. The van der Waals surface area contributed by atoms with Gasteiger partial charge in [0.2, 0.25) is 5.91 Å². The van der Waals surface area contributed by atoms with E-state index < -0.39 is 0 Å². The third kappa shape index (κ3) is 4.87. The molecule has 0 saturated carbocycles. The van der Waals surface area contributed by atoms with E-state index in [-0.39, 0.29) is 5.91 Å². The fraction of sp³-hybridized carbons (Fsp3) is 0.211. The predicted molar refractivity (Wildman–Crippen MR) is 101 cm³/mol. The van der Waals surface area contributed by atoms with Gasteiger partial charge in [0.05, 0.1) is 16.9 Å². The van der Waals surface area contributed by atoms with Gasteiger partial charge in [0.1, 0.15) is 0 Å². The number of nitrogens with zero attached hydrogens (tertiary/aromatic N) is 3. The van der Waals surface area contributed by atoms with Gasteiger partial charge in [-0.3, -0.25) is 9.48 Å². The van der Waals surface area contributed by atoms with Crippen LogP contribution in [0.15, 0.2) is 48.1 Å². The van der Waals surface area contributed by atoms with E-state index in [0.29, 0.717) is 6.54 Å². The monoisotopic (exact) mass is 352 g/mol. The second kappa shape index (κ2) is 7.90. The minimum Gasteiger partial charge on any atom is -0.352 e. The number of rotatable bonds is 6. The maximum atomic E-state index is 11.8. The van der Waals surface area contributed by atoms with Crippen LogP contribution in [0.5, 0.6) is 0 Å². The molecule has 5 nitrogen and oxygen atoms in total. The fourth-order valence-electron chi connectivity index (χ4n) is 2.43. The highest BCUT2D eigenvalue weighted by Crippen LogP contribution is 2.21. The van der Waals surface area contributed by atoms with Crippen molar-refractivity contribution >= 4 is 23.3 Å². The molecule has 25 heavy (non-hydrogen) atoms. The van der Waals surface area contributed by atoms with Crippen molar-refractivity contribution in [1.82, 2.24) is 20.1 Å². The molecule has 0 fully saturated rings. The Hall–Kier alpha value is -2.73. The van der Waals surface area contributed by atoms with Crippen LogP contribution >= 0.6 is 11.3 Å². The van der Waals surface area contributed by atoms with Crippen LogP contribution in [0, 0.1) is 6.92 Å². The van der Waals surface area contributed by atoms with Crippen molar-refractivity contribution < 1.29 is 4.79 Å². The number of amides is 1. The SMILES string of the molecule is Cc1nc(-c2ccc(CCNC(=O)C=Cc3cnn(C)c3)cc2)cs1. The highest BCUT2D eigenvalue weighted by molar-refractivity contribution is 7.09. The normalized spacial score (nSPS) is 11.1. The number of thiazole rings is 1. The molecular weight excluding hydrogens is 332 g/mol. The number of nitrogens with one attached hydrogen (secondary N) is 1. The summed E-state index contributed by atoms with van der Waals surface area (Å²) in [6, 6.07) is 8.32. The van der Waals surface area contributed by atoms with Crippen LogP contribution in [0.25, 0.3) is 17.3 Å². The van der Waals surface area contributed by atoms with E-state index in [9.17, 15) is 4.79 Å². The molecule has 3 aromatic rings. The molecule has 0 spiro atoms. The van der Waals surface area contributed by atoms with Gasteiger partial charge in [0.25, 0.3) is 0 Å². The Bertz CT molecular complexity index is 877. The third-order valence-electron chi connectivity index (χ3n) is 3.73. The number of hydrogen-bond donors (Lipinski definition) is 1. The van der Waals surface area contributed by atoms with Gasteiger partial charge in [-0.05, 0) is 25.0 Å². The largest absolute Gasteiger partial charge is 0.352 e. The molecule has 0 unspecified atom stereocenters. The van der Waals surface area contributed by atoms with Crippen molar-refractivity contribution in [2.75, 3.05) is 6.54 Å². The van der Waals surface area contributed by atoms with Crippen LogP contribution in [-0.2, 0) is 18.3 Å². The maximum absolute atomic E-state index is 11.8. The molecule has 1 aromatic carbocycles. The summed E-state index contributed by atoms with van der Waals surface area (Å²) in [5, 5.41) is 10.1. The molecule has 128 valence electrons. The van der Waals surface area contributed by atoms with Gasteiger partial charge >= 0.3 is 0 Å². The van der Waals surface area contributed by atoms with Crippen LogP contribution < -0.4 is 5.32 Å². The van der Waals surface area contributed by atoms with E-state index in [1.807, 2.05) is 20.2 Å². The standard InChI is InChI=1S/C19H20N4OS/c1-14-22-18(13-25-14)17-6-3-15(4-7-17)9-10-20-19(24)8-5-16-11-21-23(2)12-16/h3-8,11-13H,9-10H2,1-2H3,(H,20,24). The first-order chi connectivity index (χ1) is 12.1. The second-order valence-corrected chi connectivity index (χ2v) is 6.83. The summed E-state index contributed by atoms with van der Waals surface area (Å²) in [5.74, 6) is -0.0987. The quantitative estimate of drug-likeness (QED) is 0.693. The number of aryl methyl sites for hydroxylation is 2. The van der Waals surface area contributed by atoms with E-state index in [4.69, 9.17) is 0 Å². The lowest BCUT2D eigenvalue weighted by atomic mass is 10.1. The summed E-state index contributed by atoms with van der Waals surface area (Å²) in [7, 11) is 1.85. The van der Waals surface area contributed by atoms with Crippen LogP contribution in [0.4, 0.5) is 0 Å². The molecule has 0 aliphatic rings. The summed E-state index contributed by atoms with van der Waals surface area (Å²) in [6.07, 6.45) is 7.66. The van der Waals surface area contributed by atoms with E-state index in [0.717, 1.165) is 28.2 Å². The van der Waals surface area contributed by atoms with Crippen LogP contribution in [0.3, 0.4) is 0 Å². The third-order valence-corrected chi connectivity index (χ3v) is 4.51. The Kier molecular flexibility index (Phi) is 5.40. The van der Waals surface area contributed by atoms with Crippen molar-refractivity contribution in [2.24, 2.45) is 7.05 Å². The Balaban J connectivity index is 1.47. The summed E-state index contributed by atoms with van der Waals surface area (Å²) < 4.78 is 1.70. The Morgan fingerprint density at radius 3 is 2.76 bits per heavy atom. The zero-order valence-corrected chi connectivity index (χ0v) is 15.1. The van der Waals surface area contributed by atoms with E-state index in [1.165, 1.54) is 11.6 Å². The molecule has 0 saturated heterocycles. The fourth-order valence-corrected chi connectivity index (χ4v) is 3.05. The minimum absolute atomic E-state index is 0.0987. The molecule has 0 aliphatic heterocycles. The Labute approximate surface area is 151 Å². The zero-order valence-electron chi connectivity index (χ0n) is 14.3. The van der Waals surface area contributed by atoms with Crippen LogP contribution in [0.1, 0.15) is 16.1 Å².